The molecule has 6 heteroatoms. The first-order chi connectivity index (χ1) is 10.1. The van der Waals surface area contributed by atoms with Crippen LogP contribution in [0.15, 0.2) is 22.7 Å². The van der Waals surface area contributed by atoms with E-state index >= 15 is 0 Å². The molecule has 0 saturated carbocycles. The lowest BCUT2D eigenvalue weighted by Gasteiger charge is -2.33. The Morgan fingerprint density at radius 1 is 1.29 bits per heavy atom. The monoisotopic (exact) mass is 293 g/mol. The van der Waals surface area contributed by atoms with E-state index in [0.717, 1.165) is 38.4 Å². The van der Waals surface area contributed by atoms with Crippen molar-refractivity contribution in [3.05, 3.63) is 35.7 Å². The highest BCUT2D eigenvalue weighted by molar-refractivity contribution is 5.54. The Hall–Kier alpha value is -1.82. The Labute approximate surface area is 121 Å². The zero-order valence-electron chi connectivity index (χ0n) is 11.8. The van der Waals surface area contributed by atoms with Crippen LogP contribution in [0.1, 0.15) is 32.1 Å². The van der Waals surface area contributed by atoms with Crippen molar-refractivity contribution in [1.82, 2.24) is 15.5 Å². The van der Waals surface area contributed by atoms with Gasteiger partial charge in [0.05, 0.1) is 5.41 Å². The van der Waals surface area contributed by atoms with Gasteiger partial charge in [-0.05, 0) is 37.9 Å². The Morgan fingerprint density at radius 3 is 2.67 bits per heavy atom. The lowest BCUT2D eigenvalue weighted by atomic mass is 9.78. The van der Waals surface area contributed by atoms with Crippen LogP contribution >= 0.6 is 0 Å². The van der Waals surface area contributed by atoms with E-state index in [-0.39, 0.29) is 16.8 Å². The number of nitrogens with zero attached hydrogens (tertiary/aromatic N) is 2. The summed E-state index contributed by atoms with van der Waals surface area (Å²) >= 11 is 0. The van der Waals surface area contributed by atoms with Crippen molar-refractivity contribution in [3.8, 4) is 11.4 Å². The minimum atomic E-state index is -0.652. The Kier molecular flexibility index (Phi) is 3.71. The highest BCUT2D eigenvalue weighted by atomic mass is 19.1. The summed E-state index contributed by atoms with van der Waals surface area (Å²) in [5, 5.41) is 7.23. The topological polar surface area (TPSA) is 51.0 Å². The van der Waals surface area contributed by atoms with E-state index in [0.29, 0.717) is 5.89 Å². The Balaban J connectivity index is 1.95. The maximum absolute atomic E-state index is 13.3. The third kappa shape index (κ3) is 2.68. The van der Waals surface area contributed by atoms with Crippen molar-refractivity contribution in [2.45, 2.75) is 31.6 Å². The molecule has 1 N–H and O–H groups in total. The van der Waals surface area contributed by atoms with Crippen molar-refractivity contribution in [1.29, 1.82) is 0 Å². The third-order valence-electron chi connectivity index (χ3n) is 4.15. The van der Waals surface area contributed by atoms with Gasteiger partial charge in [0.25, 0.3) is 0 Å². The molecule has 0 amide bonds. The van der Waals surface area contributed by atoms with Crippen LogP contribution in [0, 0.1) is 11.6 Å². The molecule has 1 aromatic carbocycles. The normalized spacial score (nSPS) is 22.4. The number of rotatable bonds is 3. The van der Waals surface area contributed by atoms with E-state index in [1.807, 2.05) is 0 Å². The molecule has 0 bridgehead atoms. The lowest BCUT2D eigenvalue weighted by Crippen LogP contribution is -2.43. The van der Waals surface area contributed by atoms with Crippen LogP contribution in [0.25, 0.3) is 11.4 Å². The number of nitrogens with one attached hydrogen (secondary N) is 1. The highest BCUT2D eigenvalue weighted by Gasteiger charge is 2.37. The van der Waals surface area contributed by atoms with Crippen LogP contribution in [-0.4, -0.2) is 23.2 Å². The largest absolute Gasteiger partial charge is 0.338 e. The van der Waals surface area contributed by atoms with Crippen molar-refractivity contribution in [2.24, 2.45) is 0 Å². The lowest BCUT2D eigenvalue weighted by molar-refractivity contribution is 0.221. The molecule has 1 saturated heterocycles. The van der Waals surface area contributed by atoms with Crippen LogP contribution in [0.4, 0.5) is 8.78 Å². The molecule has 3 rings (SSSR count). The van der Waals surface area contributed by atoms with Crippen molar-refractivity contribution in [2.75, 3.05) is 13.1 Å². The molecule has 1 fully saturated rings. The molecule has 1 atom stereocenters. The van der Waals surface area contributed by atoms with Gasteiger partial charge in [0.2, 0.25) is 11.7 Å². The second-order valence-electron chi connectivity index (χ2n) is 5.50. The van der Waals surface area contributed by atoms with Crippen LogP contribution in [0.5, 0.6) is 0 Å². The molecule has 0 radical (unpaired) electrons. The van der Waals surface area contributed by atoms with E-state index < -0.39 is 11.6 Å². The number of aromatic nitrogens is 2. The third-order valence-corrected chi connectivity index (χ3v) is 4.15. The number of halogens is 2. The molecule has 21 heavy (non-hydrogen) atoms. The summed E-state index contributed by atoms with van der Waals surface area (Å²) in [5.41, 5.74) is 0.104. The first kappa shape index (κ1) is 14.1. The molecular formula is C15H17F2N3O. The average molecular weight is 293 g/mol. The van der Waals surface area contributed by atoms with E-state index in [1.54, 1.807) is 0 Å². The van der Waals surface area contributed by atoms with Crippen LogP contribution < -0.4 is 5.32 Å². The summed E-state index contributed by atoms with van der Waals surface area (Å²) < 4.78 is 31.9. The maximum atomic E-state index is 13.3. The van der Waals surface area contributed by atoms with Gasteiger partial charge in [-0.15, -0.1) is 0 Å². The summed E-state index contributed by atoms with van der Waals surface area (Å²) in [5.74, 6) is -0.541. The first-order valence-electron chi connectivity index (χ1n) is 7.14. The SMILES string of the molecule is CCC1(c2nc(-c3cc(F)cc(F)c3)no2)CCCNC1. The molecule has 2 aromatic rings. The number of hydrogen-bond donors (Lipinski definition) is 1. The number of benzene rings is 1. The smallest absolute Gasteiger partial charge is 0.234 e. The van der Waals surface area contributed by atoms with E-state index in [4.69, 9.17) is 4.52 Å². The summed E-state index contributed by atoms with van der Waals surface area (Å²) in [7, 11) is 0. The van der Waals surface area contributed by atoms with Gasteiger partial charge in [-0.1, -0.05) is 12.1 Å². The van der Waals surface area contributed by atoms with Gasteiger partial charge in [0.1, 0.15) is 11.6 Å². The van der Waals surface area contributed by atoms with Gasteiger partial charge in [0.15, 0.2) is 0 Å². The average Bonchev–Trinajstić information content (AvgIpc) is 2.97. The molecule has 112 valence electrons. The molecular weight excluding hydrogens is 276 g/mol. The van der Waals surface area contributed by atoms with Gasteiger partial charge < -0.3 is 9.84 Å². The van der Waals surface area contributed by atoms with Crippen molar-refractivity contribution < 1.29 is 13.3 Å². The van der Waals surface area contributed by atoms with E-state index in [1.165, 1.54) is 12.1 Å². The molecule has 4 nitrogen and oxygen atoms in total. The highest BCUT2D eigenvalue weighted by Crippen LogP contribution is 2.34. The maximum Gasteiger partial charge on any atom is 0.234 e. The Morgan fingerprint density at radius 2 is 2.05 bits per heavy atom. The molecule has 1 aliphatic rings. The summed E-state index contributed by atoms with van der Waals surface area (Å²) in [6.45, 7) is 3.85. The first-order valence-corrected chi connectivity index (χ1v) is 7.14. The van der Waals surface area contributed by atoms with Crippen molar-refractivity contribution in [3.63, 3.8) is 0 Å². The predicted octanol–water partition coefficient (Wildman–Crippen LogP) is 3.05. The standard InChI is InChI=1S/C15H17F2N3O/c1-2-15(4-3-5-18-9-15)14-19-13(20-21-14)10-6-11(16)8-12(17)7-10/h6-8,18H,2-5,9H2,1H3. The number of piperidine rings is 1. The molecule has 1 unspecified atom stereocenters. The van der Waals surface area contributed by atoms with Crippen LogP contribution in [-0.2, 0) is 5.41 Å². The Bertz CT molecular complexity index is 615. The second kappa shape index (κ2) is 5.52. The fourth-order valence-electron chi connectivity index (χ4n) is 2.84. The van der Waals surface area contributed by atoms with E-state index in [2.05, 4.69) is 22.4 Å². The zero-order valence-corrected chi connectivity index (χ0v) is 11.8. The molecule has 1 aliphatic heterocycles. The van der Waals surface area contributed by atoms with E-state index in [9.17, 15) is 8.78 Å². The van der Waals surface area contributed by atoms with Crippen molar-refractivity contribution >= 4 is 0 Å². The molecule has 1 aromatic heterocycles. The molecule has 0 spiro atoms. The van der Waals surface area contributed by atoms with Gasteiger partial charge in [0, 0.05) is 18.2 Å². The predicted molar refractivity (Wildman–Crippen MR) is 73.7 cm³/mol. The quantitative estimate of drug-likeness (QED) is 0.945. The fraction of sp³-hybridized carbons (Fsp3) is 0.467. The fourth-order valence-corrected chi connectivity index (χ4v) is 2.84. The van der Waals surface area contributed by atoms with Crippen LogP contribution in [0.2, 0.25) is 0 Å². The summed E-state index contributed by atoms with van der Waals surface area (Å²) in [4.78, 5) is 4.38. The van der Waals surface area contributed by atoms with Gasteiger partial charge in [-0.2, -0.15) is 4.98 Å². The zero-order chi connectivity index (χ0) is 14.9. The minimum absolute atomic E-state index is 0.185. The molecule has 0 aliphatic carbocycles. The summed E-state index contributed by atoms with van der Waals surface area (Å²) in [6.07, 6.45) is 2.88. The minimum Gasteiger partial charge on any atom is -0.338 e. The van der Waals surface area contributed by atoms with Gasteiger partial charge in [-0.25, -0.2) is 8.78 Å². The van der Waals surface area contributed by atoms with Gasteiger partial charge >= 0.3 is 0 Å². The molecule has 2 heterocycles. The van der Waals surface area contributed by atoms with Gasteiger partial charge in [-0.3, -0.25) is 0 Å². The second-order valence-corrected chi connectivity index (χ2v) is 5.50. The summed E-state index contributed by atoms with van der Waals surface area (Å²) in [6, 6.07) is 3.23. The number of hydrogen-bond acceptors (Lipinski definition) is 4. The van der Waals surface area contributed by atoms with Crippen LogP contribution in [0.3, 0.4) is 0 Å².